The van der Waals surface area contributed by atoms with Crippen molar-refractivity contribution in [3.8, 4) is 5.75 Å². The van der Waals surface area contributed by atoms with Gasteiger partial charge in [0.1, 0.15) is 5.75 Å². The minimum atomic E-state index is -0.529. The number of nitrogens with zero attached hydrogens (tertiary/aromatic N) is 1. The molecular weight excluding hydrogens is 334 g/mol. The zero-order valence-electron chi connectivity index (χ0n) is 11.6. The fraction of sp³-hybridized carbons (Fsp3) is 0. The molecule has 0 radical (unpaired) electrons. The number of aromatic nitrogens is 1. The van der Waals surface area contributed by atoms with Crippen molar-refractivity contribution >= 4 is 46.2 Å². The topological polar surface area (TPSA) is 85.4 Å². The summed E-state index contributed by atoms with van der Waals surface area (Å²) in [6.45, 7) is 0. The number of carbonyl (C=O) groups is 2. The first-order valence-electron chi connectivity index (χ1n) is 6.56. The minimum Gasteiger partial charge on any atom is -0.508 e. The smallest absolute Gasteiger partial charge is 0.285 e. The number of benzene rings is 1. The Morgan fingerprint density at radius 1 is 1.35 bits per heavy atom. The molecule has 0 spiro atoms. The molecular formula is C15H11N3O3S2. The lowest BCUT2D eigenvalue weighted by Gasteiger charge is -2.15. The molecule has 1 aliphatic heterocycles. The highest BCUT2D eigenvalue weighted by molar-refractivity contribution is 8.26. The fourth-order valence-electron chi connectivity index (χ4n) is 1.95. The highest BCUT2D eigenvalue weighted by Crippen LogP contribution is 2.31. The predicted octanol–water partition coefficient (Wildman–Crippen LogP) is 2.27. The molecule has 1 aliphatic rings. The van der Waals surface area contributed by atoms with Crippen LogP contribution in [0.15, 0.2) is 47.5 Å². The average Bonchev–Trinajstić information content (AvgIpc) is 3.12. The molecule has 0 unspecified atom stereocenters. The molecule has 116 valence electrons. The van der Waals surface area contributed by atoms with Crippen LogP contribution in [0.1, 0.15) is 16.1 Å². The first kappa shape index (κ1) is 15.3. The van der Waals surface area contributed by atoms with E-state index >= 15 is 0 Å². The standard InChI is InChI=1S/C15H11N3O3S2/c19-11-5-1-3-9(7-11)13(20)17-18-14(21)12(23-15(18)22)8-10-4-2-6-16-10/h1-8,16,19H,(H,17,20). The molecule has 1 aromatic heterocycles. The molecule has 2 aromatic rings. The number of thiocarbonyl (C=S) groups is 1. The van der Waals surface area contributed by atoms with E-state index in [1.807, 2.05) is 12.1 Å². The number of phenolic OH excluding ortho intramolecular Hbond substituents is 1. The molecule has 0 saturated carbocycles. The van der Waals surface area contributed by atoms with Crippen LogP contribution in [0.2, 0.25) is 0 Å². The number of rotatable bonds is 3. The van der Waals surface area contributed by atoms with Gasteiger partial charge in [0.15, 0.2) is 4.32 Å². The Hall–Kier alpha value is -2.58. The van der Waals surface area contributed by atoms with E-state index in [9.17, 15) is 14.7 Å². The van der Waals surface area contributed by atoms with Crippen LogP contribution in [-0.2, 0) is 4.79 Å². The number of amides is 2. The van der Waals surface area contributed by atoms with Crippen molar-refractivity contribution in [1.82, 2.24) is 15.4 Å². The van der Waals surface area contributed by atoms with E-state index in [0.717, 1.165) is 22.5 Å². The Kier molecular flexibility index (Phi) is 4.18. The third-order valence-electron chi connectivity index (χ3n) is 3.02. The molecule has 0 atom stereocenters. The summed E-state index contributed by atoms with van der Waals surface area (Å²) in [6, 6.07) is 9.46. The van der Waals surface area contributed by atoms with Crippen molar-refractivity contribution in [3.05, 3.63) is 58.8 Å². The number of hydrazine groups is 1. The summed E-state index contributed by atoms with van der Waals surface area (Å²) in [4.78, 5) is 27.9. The van der Waals surface area contributed by atoms with Crippen LogP contribution in [0, 0.1) is 0 Å². The maximum absolute atomic E-state index is 12.3. The van der Waals surface area contributed by atoms with Crippen molar-refractivity contribution in [2.24, 2.45) is 0 Å². The quantitative estimate of drug-likeness (QED) is 0.587. The molecule has 1 aromatic carbocycles. The van der Waals surface area contributed by atoms with Gasteiger partial charge in [0.05, 0.1) is 4.91 Å². The van der Waals surface area contributed by atoms with Crippen LogP contribution >= 0.6 is 24.0 Å². The second-order valence-electron chi connectivity index (χ2n) is 4.63. The molecule has 2 heterocycles. The number of thioether (sulfide) groups is 1. The molecule has 1 saturated heterocycles. The van der Waals surface area contributed by atoms with Crippen molar-refractivity contribution in [2.45, 2.75) is 0 Å². The second kappa shape index (κ2) is 6.27. The first-order valence-corrected chi connectivity index (χ1v) is 7.78. The van der Waals surface area contributed by atoms with E-state index in [1.54, 1.807) is 18.3 Å². The summed E-state index contributed by atoms with van der Waals surface area (Å²) in [5.41, 5.74) is 3.45. The Bertz CT molecular complexity index is 815. The van der Waals surface area contributed by atoms with Gasteiger partial charge in [0.25, 0.3) is 11.8 Å². The van der Waals surface area contributed by atoms with Gasteiger partial charge in [-0.3, -0.25) is 15.0 Å². The summed E-state index contributed by atoms with van der Waals surface area (Å²) in [5, 5.41) is 10.4. The van der Waals surface area contributed by atoms with Gasteiger partial charge in [-0.05, 0) is 48.6 Å². The van der Waals surface area contributed by atoms with Gasteiger partial charge < -0.3 is 10.1 Å². The van der Waals surface area contributed by atoms with Crippen LogP contribution < -0.4 is 5.43 Å². The molecule has 6 nitrogen and oxygen atoms in total. The average molecular weight is 345 g/mol. The Morgan fingerprint density at radius 2 is 2.17 bits per heavy atom. The van der Waals surface area contributed by atoms with E-state index < -0.39 is 11.8 Å². The summed E-state index contributed by atoms with van der Waals surface area (Å²) in [7, 11) is 0. The third-order valence-corrected chi connectivity index (χ3v) is 4.33. The largest absolute Gasteiger partial charge is 0.508 e. The lowest BCUT2D eigenvalue weighted by atomic mass is 10.2. The van der Waals surface area contributed by atoms with E-state index in [4.69, 9.17) is 12.2 Å². The van der Waals surface area contributed by atoms with Crippen LogP contribution in [0.25, 0.3) is 6.08 Å². The number of hydrogen-bond acceptors (Lipinski definition) is 5. The normalized spacial score (nSPS) is 16.2. The SMILES string of the molecule is O=C(NN1C(=O)C(=Cc2ccc[nH]2)SC1=S)c1cccc(O)c1. The second-order valence-corrected chi connectivity index (χ2v) is 6.31. The van der Waals surface area contributed by atoms with Crippen LogP contribution in [0.4, 0.5) is 0 Å². The Morgan fingerprint density at radius 3 is 2.87 bits per heavy atom. The van der Waals surface area contributed by atoms with Crippen LogP contribution in [-0.4, -0.2) is 31.2 Å². The van der Waals surface area contributed by atoms with Gasteiger partial charge >= 0.3 is 0 Å². The van der Waals surface area contributed by atoms with Gasteiger partial charge in [0.2, 0.25) is 0 Å². The van der Waals surface area contributed by atoms with Crippen molar-refractivity contribution in [2.75, 3.05) is 0 Å². The summed E-state index contributed by atoms with van der Waals surface area (Å²) in [6.07, 6.45) is 3.41. The maximum Gasteiger partial charge on any atom is 0.285 e. The Labute approximate surface area is 141 Å². The molecule has 1 fully saturated rings. The zero-order valence-corrected chi connectivity index (χ0v) is 13.3. The molecule has 23 heavy (non-hydrogen) atoms. The molecule has 2 amide bonds. The summed E-state index contributed by atoms with van der Waals surface area (Å²) >= 11 is 6.24. The third kappa shape index (κ3) is 3.27. The zero-order chi connectivity index (χ0) is 16.4. The van der Waals surface area contributed by atoms with Gasteiger partial charge in [-0.1, -0.05) is 17.8 Å². The Balaban J connectivity index is 1.77. The van der Waals surface area contributed by atoms with E-state index in [0.29, 0.717) is 4.91 Å². The van der Waals surface area contributed by atoms with Crippen molar-refractivity contribution < 1.29 is 14.7 Å². The highest BCUT2D eigenvalue weighted by atomic mass is 32.2. The molecule has 8 heteroatoms. The maximum atomic E-state index is 12.3. The number of aromatic amines is 1. The molecule has 0 aliphatic carbocycles. The summed E-state index contributed by atoms with van der Waals surface area (Å²) in [5.74, 6) is -0.962. The number of hydrogen-bond donors (Lipinski definition) is 3. The predicted molar refractivity (Wildman–Crippen MR) is 91.4 cm³/mol. The van der Waals surface area contributed by atoms with Crippen LogP contribution in [0.3, 0.4) is 0 Å². The lowest BCUT2D eigenvalue weighted by Crippen LogP contribution is -2.44. The van der Waals surface area contributed by atoms with E-state index in [-0.39, 0.29) is 15.6 Å². The molecule has 0 bridgehead atoms. The monoisotopic (exact) mass is 345 g/mol. The fourth-order valence-corrected chi connectivity index (χ4v) is 3.12. The van der Waals surface area contributed by atoms with Gasteiger partial charge in [-0.15, -0.1) is 0 Å². The first-order chi connectivity index (χ1) is 11.0. The number of nitrogens with one attached hydrogen (secondary N) is 2. The number of phenols is 1. The summed E-state index contributed by atoms with van der Waals surface area (Å²) < 4.78 is 0.237. The molecule has 3 rings (SSSR count). The van der Waals surface area contributed by atoms with Gasteiger partial charge in [-0.25, -0.2) is 0 Å². The van der Waals surface area contributed by atoms with E-state index in [1.165, 1.54) is 18.2 Å². The van der Waals surface area contributed by atoms with Gasteiger partial charge in [-0.2, -0.15) is 5.01 Å². The number of aromatic hydroxyl groups is 1. The minimum absolute atomic E-state index is 0.0327. The lowest BCUT2D eigenvalue weighted by molar-refractivity contribution is -0.123. The molecule has 3 N–H and O–H groups in total. The van der Waals surface area contributed by atoms with Crippen molar-refractivity contribution in [3.63, 3.8) is 0 Å². The van der Waals surface area contributed by atoms with Crippen molar-refractivity contribution in [1.29, 1.82) is 0 Å². The van der Waals surface area contributed by atoms with E-state index in [2.05, 4.69) is 10.4 Å². The van der Waals surface area contributed by atoms with Crippen LogP contribution in [0.5, 0.6) is 5.75 Å². The number of H-pyrrole nitrogens is 1. The highest BCUT2D eigenvalue weighted by Gasteiger charge is 2.33. The number of carbonyl (C=O) groups excluding carboxylic acids is 2. The van der Waals surface area contributed by atoms with Gasteiger partial charge in [0, 0.05) is 17.5 Å².